The number of unbranched alkanes of at least 4 members (excludes halogenated alkanes) is 1. The average molecular weight is 490 g/mol. The number of hydrogen-bond acceptors (Lipinski definition) is 5. The van der Waals surface area contributed by atoms with E-state index in [2.05, 4.69) is 16.0 Å². The van der Waals surface area contributed by atoms with Gasteiger partial charge in [-0.1, -0.05) is 37.6 Å². The number of phenolic OH excluding ortho intramolecular Hbond substituents is 1. The van der Waals surface area contributed by atoms with Crippen molar-refractivity contribution in [1.82, 2.24) is 10.6 Å². The molecule has 188 valence electrons. The molecular weight excluding hydrogens is 458 g/mol. The van der Waals surface area contributed by atoms with Crippen molar-refractivity contribution in [3.63, 3.8) is 0 Å². The van der Waals surface area contributed by atoms with Gasteiger partial charge in [0.15, 0.2) is 0 Å². The molecule has 0 aliphatic heterocycles. The van der Waals surface area contributed by atoms with E-state index in [-0.39, 0.29) is 29.5 Å². The zero-order valence-electron chi connectivity index (χ0n) is 20.4. The molecule has 8 nitrogen and oxygen atoms in total. The highest BCUT2D eigenvalue weighted by molar-refractivity contribution is 6.09. The summed E-state index contributed by atoms with van der Waals surface area (Å²) in [5, 5.41) is 18.0. The van der Waals surface area contributed by atoms with Gasteiger partial charge in [-0.2, -0.15) is 0 Å². The lowest BCUT2D eigenvalue weighted by Crippen LogP contribution is -2.48. The molecular formula is C28H31N3O5. The number of amides is 3. The van der Waals surface area contributed by atoms with E-state index in [0.717, 1.165) is 18.4 Å². The van der Waals surface area contributed by atoms with Gasteiger partial charge in [-0.05, 0) is 60.5 Å². The number of nitrogens with one attached hydrogen (secondary N) is 3. The number of para-hydroxylation sites is 1. The molecule has 0 aromatic heterocycles. The number of benzene rings is 3. The van der Waals surface area contributed by atoms with E-state index in [4.69, 9.17) is 4.74 Å². The normalized spacial score (nSPS) is 11.3. The summed E-state index contributed by atoms with van der Waals surface area (Å²) in [6, 6.07) is 18.9. The minimum Gasteiger partial charge on any atom is -0.508 e. The van der Waals surface area contributed by atoms with E-state index >= 15 is 0 Å². The van der Waals surface area contributed by atoms with Crippen molar-refractivity contribution in [2.45, 2.75) is 32.2 Å². The summed E-state index contributed by atoms with van der Waals surface area (Å²) in [5.74, 6) is -0.424. The highest BCUT2D eigenvalue weighted by Gasteiger charge is 2.23. The van der Waals surface area contributed by atoms with Gasteiger partial charge in [0.2, 0.25) is 5.91 Å². The number of ether oxygens (including phenoxy) is 1. The second-order valence-corrected chi connectivity index (χ2v) is 8.27. The monoisotopic (exact) mass is 489 g/mol. The second kappa shape index (κ2) is 12.9. The lowest BCUT2D eigenvalue weighted by atomic mass is 10.0. The van der Waals surface area contributed by atoms with Crippen LogP contribution >= 0.6 is 0 Å². The summed E-state index contributed by atoms with van der Waals surface area (Å²) in [7, 11) is 1.54. The van der Waals surface area contributed by atoms with Crippen molar-refractivity contribution in [3.05, 3.63) is 89.5 Å². The fraction of sp³-hybridized carbons (Fsp3) is 0.250. The molecule has 3 amide bonds. The van der Waals surface area contributed by atoms with Crippen molar-refractivity contribution in [2.24, 2.45) is 0 Å². The number of carbonyl (C=O) groups is 3. The molecule has 0 aliphatic rings. The molecule has 8 heteroatoms. The molecule has 36 heavy (non-hydrogen) atoms. The standard InChI is InChI=1S/C28H31N3O5/c1-3-4-17-29-28(35)25(18-19-9-13-21(32)14-10-19)31-27(34)23-7-5-6-8-24(23)30-26(33)20-11-15-22(36-2)16-12-20/h5-16,25,32H,3-4,17-18H2,1-2H3,(H,29,35)(H,30,33)(H,31,34)/t25-/m0/s1. The molecule has 4 N–H and O–H groups in total. The first-order chi connectivity index (χ1) is 17.4. The Balaban J connectivity index is 1.77. The first-order valence-electron chi connectivity index (χ1n) is 11.8. The van der Waals surface area contributed by atoms with Crippen LogP contribution in [-0.2, 0) is 11.2 Å². The van der Waals surface area contributed by atoms with Gasteiger partial charge in [0.25, 0.3) is 11.8 Å². The Kier molecular flexibility index (Phi) is 9.45. The molecule has 0 unspecified atom stereocenters. The lowest BCUT2D eigenvalue weighted by Gasteiger charge is -2.20. The van der Waals surface area contributed by atoms with E-state index in [1.807, 2.05) is 6.92 Å². The number of hydrogen-bond donors (Lipinski definition) is 4. The predicted octanol–water partition coefficient (Wildman–Crippen LogP) is 3.91. The topological polar surface area (TPSA) is 117 Å². The molecule has 0 bridgehead atoms. The average Bonchev–Trinajstić information content (AvgIpc) is 2.89. The first kappa shape index (κ1) is 26.3. The number of methoxy groups -OCH3 is 1. The smallest absolute Gasteiger partial charge is 0.255 e. The summed E-state index contributed by atoms with van der Waals surface area (Å²) in [6.07, 6.45) is 1.99. The fourth-order valence-electron chi connectivity index (χ4n) is 3.55. The number of rotatable bonds is 11. The van der Waals surface area contributed by atoms with Crippen LogP contribution in [0.2, 0.25) is 0 Å². The minimum atomic E-state index is -0.843. The lowest BCUT2D eigenvalue weighted by molar-refractivity contribution is -0.122. The Bertz CT molecular complexity index is 1180. The SMILES string of the molecule is CCCCNC(=O)[C@H](Cc1ccc(O)cc1)NC(=O)c1ccccc1NC(=O)c1ccc(OC)cc1. The van der Waals surface area contributed by atoms with Crippen molar-refractivity contribution < 1.29 is 24.2 Å². The highest BCUT2D eigenvalue weighted by atomic mass is 16.5. The van der Waals surface area contributed by atoms with Gasteiger partial charge in [-0.3, -0.25) is 14.4 Å². The Labute approximate surface area is 210 Å². The number of carbonyl (C=O) groups excluding carboxylic acids is 3. The summed E-state index contributed by atoms with van der Waals surface area (Å²) in [6.45, 7) is 2.53. The van der Waals surface area contributed by atoms with Gasteiger partial charge in [-0.15, -0.1) is 0 Å². The van der Waals surface area contributed by atoms with Crippen LogP contribution in [0, 0.1) is 0 Å². The second-order valence-electron chi connectivity index (χ2n) is 8.27. The van der Waals surface area contributed by atoms with Gasteiger partial charge in [0.05, 0.1) is 18.4 Å². The quantitative estimate of drug-likeness (QED) is 0.305. The van der Waals surface area contributed by atoms with Crippen LogP contribution in [0.5, 0.6) is 11.5 Å². The van der Waals surface area contributed by atoms with Gasteiger partial charge in [0.1, 0.15) is 17.5 Å². The largest absolute Gasteiger partial charge is 0.508 e. The number of aromatic hydroxyl groups is 1. The molecule has 1 atom stereocenters. The highest BCUT2D eigenvalue weighted by Crippen LogP contribution is 2.19. The van der Waals surface area contributed by atoms with Crippen LogP contribution in [-0.4, -0.2) is 42.5 Å². The third-order valence-electron chi connectivity index (χ3n) is 5.60. The number of phenols is 1. The molecule has 0 fully saturated rings. The van der Waals surface area contributed by atoms with Gasteiger partial charge in [0, 0.05) is 18.5 Å². The number of anilines is 1. The molecule has 0 heterocycles. The van der Waals surface area contributed by atoms with Gasteiger partial charge >= 0.3 is 0 Å². The van der Waals surface area contributed by atoms with E-state index in [9.17, 15) is 19.5 Å². The Morgan fingerprint density at radius 2 is 1.61 bits per heavy atom. The minimum absolute atomic E-state index is 0.119. The summed E-state index contributed by atoms with van der Waals surface area (Å²) < 4.78 is 5.12. The maximum absolute atomic E-state index is 13.3. The summed E-state index contributed by atoms with van der Waals surface area (Å²) in [4.78, 5) is 38.9. The van der Waals surface area contributed by atoms with Crippen LogP contribution in [0.1, 0.15) is 46.0 Å². The van der Waals surface area contributed by atoms with E-state index in [1.54, 1.807) is 67.8 Å². The third kappa shape index (κ3) is 7.33. The fourth-order valence-corrected chi connectivity index (χ4v) is 3.55. The van der Waals surface area contributed by atoms with Crippen molar-refractivity contribution >= 4 is 23.4 Å². The maximum Gasteiger partial charge on any atom is 0.255 e. The molecule has 0 spiro atoms. The molecule has 3 aromatic rings. The Morgan fingerprint density at radius 3 is 2.28 bits per heavy atom. The van der Waals surface area contributed by atoms with E-state index in [0.29, 0.717) is 23.5 Å². The van der Waals surface area contributed by atoms with Crippen LogP contribution in [0.4, 0.5) is 5.69 Å². The predicted molar refractivity (Wildman–Crippen MR) is 138 cm³/mol. The molecule has 3 aromatic carbocycles. The zero-order valence-corrected chi connectivity index (χ0v) is 20.4. The van der Waals surface area contributed by atoms with Crippen molar-refractivity contribution in [3.8, 4) is 11.5 Å². The van der Waals surface area contributed by atoms with Crippen molar-refractivity contribution in [2.75, 3.05) is 19.0 Å². The van der Waals surface area contributed by atoms with Crippen LogP contribution in [0.3, 0.4) is 0 Å². The summed E-state index contributed by atoms with van der Waals surface area (Å²) >= 11 is 0. The van der Waals surface area contributed by atoms with E-state index < -0.39 is 11.9 Å². The third-order valence-corrected chi connectivity index (χ3v) is 5.60. The zero-order chi connectivity index (χ0) is 25.9. The molecule has 3 rings (SSSR count). The molecule has 0 saturated heterocycles. The van der Waals surface area contributed by atoms with Crippen LogP contribution < -0.4 is 20.7 Å². The van der Waals surface area contributed by atoms with Crippen molar-refractivity contribution in [1.29, 1.82) is 0 Å². The Hall–Kier alpha value is -4.33. The van der Waals surface area contributed by atoms with E-state index in [1.165, 1.54) is 12.1 Å². The van der Waals surface area contributed by atoms with Gasteiger partial charge < -0.3 is 25.8 Å². The Morgan fingerprint density at radius 1 is 0.917 bits per heavy atom. The summed E-state index contributed by atoms with van der Waals surface area (Å²) in [5.41, 5.74) is 1.75. The molecule has 0 radical (unpaired) electrons. The maximum atomic E-state index is 13.3. The van der Waals surface area contributed by atoms with Crippen LogP contribution in [0.25, 0.3) is 0 Å². The molecule has 0 saturated carbocycles. The first-order valence-corrected chi connectivity index (χ1v) is 11.8. The van der Waals surface area contributed by atoms with Crippen LogP contribution in [0.15, 0.2) is 72.8 Å². The van der Waals surface area contributed by atoms with Gasteiger partial charge in [-0.25, -0.2) is 0 Å². The molecule has 0 aliphatic carbocycles.